The quantitative estimate of drug-likeness (QED) is 0.479. The van der Waals surface area contributed by atoms with E-state index in [1.165, 1.54) is 12.1 Å². The molecular formula is C20H24ClFN4O. The minimum absolute atomic E-state index is 0.310. The molecule has 0 aliphatic heterocycles. The summed E-state index contributed by atoms with van der Waals surface area (Å²) in [7, 11) is 0. The molecule has 0 heterocycles. The van der Waals surface area contributed by atoms with E-state index in [1.807, 2.05) is 31.2 Å². The van der Waals surface area contributed by atoms with Gasteiger partial charge in [-0.1, -0.05) is 35.9 Å². The summed E-state index contributed by atoms with van der Waals surface area (Å²) in [4.78, 5) is 16.3. The molecule has 5 nitrogen and oxygen atoms in total. The third kappa shape index (κ3) is 7.27. The Hall–Kier alpha value is -2.60. The molecule has 0 bridgehead atoms. The molecule has 0 saturated heterocycles. The lowest BCUT2D eigenvalue weighted by Crippen LogP contribution is -2.43. The van der Waals surface area contributed by atoms with Gasteiger partial charge >= 0.3 is 0 Å². The number of benzene rings is 2. The number of carbonyl (C=O) groups is 1. The fraction of sp³-hybridized carbons (Fsp3) is 0.300. The monoisotopic (exact) mass is 390 g/mol. The first-order valence-corrected chi connectivity index (χ1v) is 9.16. The third-order valence-corrected chi connectivity index (χ3v) is 4.20. The van der Waals surface area contributed by atoms with Crippen molar-refractivity contribution >= 4 is 23.5 Å². The molecule has 27 heavy (non-hydrogen) atoms. The highest BCUT2D eigenvalue weighted by molar-refractivity contribution is 6.30. The van der Waals surface area contributed by atoms with E-state index in [4.69, 9.17) is 17.3 Å². The maximum Gasteiger partial charge on any atom is 0.222 e. The Kier molecular flexibility index (Phi) is 8.07. The minimum Gasteiger partial charge on any atom is -0.369 e. The Morgan fingerprint density at radius 2 is 1.93 bits per heavy atom. The largest absolute Gasteiger partial charge is 0.369 e. The summed E-state index contributed by atoms with van der Waals surface area (Å²) in [6.07, 6.45) is 0.427. The second kappa shape index (κ2) is 10.5. The van der Waals surface area contributed by atoms with Crippen LogP contribution in [0.15, 0.2) is 53.5 Å². The van der Waals surface area contributed by atoms with Crippen LogP contribution in [0, 0.1) is 11.7 Å². The van der Waals surface area contributed by atoms with Gasteiger partial charge in [0.25, 0.3) is 0 Å². The lowest BCUT2D eigenvalue weighted by molar-refractivity contribution is -0.121. The zero-order valence-corrected chi connectivity index (χ0v) is 16.0. The zero-order valence-electron chi connectivity index (χ0n) is 15.2. The summed E-state index contributed by atoms with van der Waals surface area (Å²) in [5.74, 6) is -0.582. The maximum absolute atomic E-state index is 13.0. The number of guanidine groups is 1. The van der Waals surface area contributed by atoms with E-state index in [2.05, 4.69) is 15.6 Å². The Morgan fingerprint density at radius 1 is 1.19 bits per heavy atom. The van der Waals surface area contributed by atoms with Crippen LogP contribution in [0.1, 0.15) is 18.1 Å². The van der Waals surface area contributed by atoms with Crippen LogP contribution in [0.2, 0.25) is 5.02 Å². The van der Waals surface area contributed by atoms with Crippen LogP contribution in [0.5, 0.6) is 0 Å². The lowest BCUT2D eigenvalue weighted by atomic mass is 9.98. The molecule has 0 aromatic heterocycles. The SMILES string of the molecule is CCNC(=NCc1cccc(Cl)c1)NCC(Cc1ccc(F)cc1)C(N)=O. The van der Waals surface area contributed by atoms with Crippen molar-refractivity contribution in [2.24, 2.45) is 16.6 Å². The Labute approximate surface area is 163 Å². The summed E-state index contributed by atoms with van der Waals surface area (Å²) in [6.45, 7) is 3.42. The lowest BCUT2D eigenvalue weighted by Gasteiger charge is -2.17. The molecule has 7 heteroatoms. The second-order valence-corrected chi connectivity index (χ2v) is 6.57. The summed E-state index contributed by atoms with van der Waals surface area (Å²) >= 11 is 5.99. The fourth-order valence-electron chi connectivity index (χ4n) is 2.55. The van der Waals surface area contributed by atoms with Gasteiger partial charge < -0.3 is 16.4 Å². The van der Waals surface area contributed by atoms with E-state index in [1.54, 1.807) is 12.1 Å². The molecule has 0 radical (unpaired) electrons. The molecule has 2 rings (SSSR count). The number of nitrogens with two attached hydrogens (primary N) is 1. The number of hydrogen-bond acceptors (Lipinski definition) is 2. The smallest absolute Gasteiger partial charge is 0.222 e. The van der Waals surface area contributed by atoms with Crippen molar-refractivity contribution in [3.63, 3.8) is 0 Å². The molecule has 0 fully saturated rings. The van der Waals surface area contributed by atoms with Crippen molar-refractivity contribution in [2.45, 2.75) is 19.9 Å². The first-order chi connectivity index (χ1) is 13.0. The standard InChI is InChI=1S/C20H24ClFN4O/c1-2-24-20(25-12-15-4-3-5-17(21)11-15)26-13-16(19(23)27)10-14-6-8-18(22)9-7-14/h3-9,11,16H,2,10,12-13H2,1H3,(H2,23,27)(H2,24,25,26). The van der Waals surface area contributed by atoms with Gasteiger partial charge in [-0.3, -0.25) is 4.79 Å². The van der Waals surface area contributed by atoms with Crippen LogP contribution >= 0.6 is 11.6 Å². The minimum atomic E-state index is -0.439. The summed E-state index contributed by atoms with van der Waals surface area (Å²) in [5, 5.41) is 6.95. The van der Waals surface area contributed by atoms with Gasteiger partial charge in [-0.2, -0.15) is 0 Å². The molecule has 0 spiro atoms. The van der Waals surface area contributed by atoms with Gasteiger partial charge in [-0.25, -0.2) is 9.38 Å². The first kappa shape index (κ1) is 20.7. The van der Waals surface area contributed by atoms with E-state index in [9.17, 15) is 9.18 Å². The molecule has 1 unspecified atom stereocenters. The number of carbonyl (C=O) groups excluding carboxylic acids is 1. The molecule has 4 N–H and O–H groups in total. The maximum atomic E-state index is 13.0. The van der Waals surface area contributed by atoms with Crippen molar-refractivity contribution in [1.82, 2.24) is 10.6 Å². The van der Waals surface area contributed by atoms with Crippen LogP contribution in [0.3, 0.4) is 0 Å². The highest BCUT2D eigenvalue weighted by Gasteiger charge is 2.16. The van der Waals surface area contributed by atoms with Crippen molar-refractivity contribution < 1.29 is 9.18 Å². The van der Waals surface area contributed by atoms with Gasteiger partial charge in [0, 0.05) is 18.1 Å². The number of primary amides is 1. The second-order valence-electron chi connectivity index (χ2n) is 6.14. The van der Waals surface area contributed by atoms with Gasteiger partial charge in [-0.15, -0.1) is 0 Å². The number of halogens is 2. The average molecular weight is 391 g/mol. The number of nitrogens with one attached hydrogen (secondary N) is 2. The van der Waals surface area contributed by atoms with Crippen molar-refractivity contribution in [2.75, 3.05) is 13.1 Å². The molecular weight excluding hydrogens is 367 g/mol. The molecule has 2 aromatic carbocycles. The fourth-order valence-corrected chi connectivity index (χ4v) is 2.76. The van der Waals surface area contributed by atoms with Gasteiger partial charge in [0.2, 0.25) is 5.91 Å². The van der Waals surface area contributed by atoms with Crippen molar-refractivity contribution in [1.29, 1.82) is 0 Å². The summed E-state index contributed by atoms with van der Waals surface area (Å²) < 4.78 is 13.0. The van der Waals surface area contributed by atoms with E-state index in [-0.39, 0.29) is 5.82 Å². The van der Waals surface area contributed by atoms with Crippen LogP contribution in [-0.2, 0) is 17.8 Å². The number of amides is 1. The van der Waals surface area contributed by atoms with Crippen molar-refractivity contribution in [3.8, 4) is 0 Å². The molecule has 0 aliphatic rings. The molecule has 2 aromatic rings. The normalized spacial score (nSPS) is 12.5. The molecule has 0 aliphatic carbocycles. The molecule has 0 saturated carbocycles. The summed E-state index contributed by atoms with van der Waals surface area (Å²) in [6, 6.07) is 13.5. The van der Waals surface area contributed by atoms with E-state index in [0.29, 0.717) is 37.0 Å². The molecule has 1 atom stereocenters. The highest BCUT2D eigenvalue weighted by atomic mass is 35.5. The predicted octanol–water partition coefficient (Wildman–Crippen LogP) is 2.88. The summed E-state index contributed by atoms with van der Waals surface area (Å²) in [5.41, 5.74) is 7.36. The van der Waals surface area contributed by atoms with E-state index in [0.717, 1.165) is 11.1 Å². The van der Waals surface area contributed by atoms with Crippen molar-refractivity contribution in [3.05, 3.63) is 70.5 Å². The third-order valence-electron chi connectivity index (χ3n) is 3.97. The van der Waals surface area contributed by atoms with Gasteiger partial charge in [0.1, 0.15) is 5.82 Å². The number of hydrogen-bond donors (Lipinski definition) is 3. The van der Waals surface area contributed by atoms with Crippen LogP contribution in [0.4, 0.5) is 4.39 Å². The molecule has 144 valence electrons. The number of aliphatic imine (C=N–C) groups is 1. The number of nitrogens with zero attached hydrogens (tertiary/aromatic N) is 1. The number of rotatable bonds is 8. The topological polar surface area (TPSA) is 79.5 Å². The Morgan fingerprint density at radius 3 is 2.56 bits per heavy atom. The van der Waals surface area contributed by atoms with Crippen LogP contribution in [0.25, 0.3) is 0 Å². The van der Waals surface area contributed by atoms with Gasteiger partial charge in [-0.05, 0) is 48.7 Å². The molecule has 1 amide bonds. The van der Waals surface area contributed by atoms with Crippen LogP contribution in [-0.4, -0.2) is 25.0 Å². The Balaban J connectivity index is 1.99. The zero-order chi connectivity index (χ0) is 19.6. The van der Waals surface area contributed by atoms with Gasteiger partial charge in [0.05, 0.1) is 12.5 Å². The average Bonchev–Trinajstić information content (AvgIpc) is 2.64. The van der Waals surface area contributed by atoms with Gasteiger partial charge in [0.15, 0.2) is 5.96 Å². The highest BCUT2D eigenvalue weighted by Crippen LogP contribution is 2.12. The van der Waals surface area contributed by atoms with Crippen LogP contribution < -0.4 is 16.4 Å². The Bertz CT molecular complexity index is 780. The van der Waals surface area contributed by atoms with E-state index >= 15 is 0 Å². The van der Waals surface area contributed by atoms with E-state index < -0.39 is 11.8 Å². The first-order valence-electron chi connectivity index (χ1n) is 8.78. The predicted molar refractivity (Wildman–Crippen MR) is 107 cm³/mol.